The minimum absolute atomic E-state index is 0.0844. The molecule has 1 aliphatic heterocycles. The normalized spacial score (nSPS) is 15.5. The number of aryl methyl sites for hydroxylation is 1. The largest absolute Gasteiger partial charge is 0.464 e. The number of aliphatic imine (C=N–C) groups is 1. The number of para-hydroxylation sites is 1. The van der Waals surface area contributed by atoms with E-state index in [0.29, 0.717) is 11.4 Å². The zero-order valence-electron chi connectivity index (χ0n) is 13.4. The highest BCUT2D eigenvalue weighted by Gasteiger charge is 2.26. The van der Waals surface area contributed by atoms with E-state index in [9.17, 15) is 9.59 Å². The minimum atomic E-state index is -0.398. The fourth-order valence-corrected chi connectivity index (χ4v) is 2.35. The Morgan fingerprint density at radius 2 is 2.04 bits per heavy atom. The molecule has 2 N–H and O–H groups in total. The molecule has 0 unspecified atom stereocenters. The second-order valence-electron chi connectivity index (χ2n) is 5.48. The van der Waals surface area contributed by atoms with Gasteiger partial charge in [-0.15, -0.1) is 0 Å². The average Bonchev–Trinajstić information content (AvgIpc) is 3.02. The Balaban J connectivity index is 1.70. The second kappa shape index (κ2) is 6.57. The Morgan fingerprint density at radius 1 is 1.29 bits per heavy atom. The van der Waals surface area contributed by atoms with Crippen molar-refractivity contribution < 1.29 is 14.0 Å². The van der Waals surface area contributed by atoms with E-state index in [4.69, 9.17) is 4.42 Å². The van der Waals surface area contributed by atoms with Crippen molar-refractivity contribution in [2.45, 2.75) is 19.9 Å². The number of carbonyl (C=O) groups excluding carboxylic acids is 2. The molecule has 7 nitrogen and oxygen atoms in total. The van der Waals surface area contributed by atoms with Crippen LogP contribution in [0, 0.1) is 6.92 Å². The zero-order chi connectivity index (χ0) is 17.1. The van der Waals surface area contributed by atoms with Crippen molar-refractivity contribution in [2.75, 3.05) is 11.6 Å². The molecule has 3 rings (SSSR count). The summed E-state index contributed by atoms with van der Waals surface area (Å²) in [5.41, 5.74) is 3.42. The summed E-state index contributed by atoms with van der Waals surface area (Å²) in [5, 5.41) is 4.13. The number of hydrazine groups is 1. The summed E-state index contributed by atoms with van der Waals surface area (Å²) in [4.78, 5) is 28.4. The first-order chi connectivity index (χ1) is 11.5. The van der Waals surface area contributed by atoms with E-state index < -0.39 is 5.91 Å². The van der Waals surface area contributed by atoms with Crippen LogP contribution in [0.5, 0.6) is 0 Å². The average molecular weight is 326 g/mol. The maximum Gasteiger partial charge on any atom is 0.288 e. The van der Waals surface area contributed by atoms with E-state index in [1.165, 1.54) is 5.01 Å². The smallest absolute Gasteiger partial charge is 0.288 e. The van der Waals surface area contributed by atoms with E-state index >= 15 is 0 Å². The van der Waals surface area contributed by atoms with E-state index in [0.717, 1.165) is 5.76 Å². The lowest BCUT2D eigenvalue weighted by molar-refractivity contribution is -0.118. The van der Waals surface area contributed by atoms with Gasteiger partial charge in [0, 0.05) is 0 Å². The number of rotatable bonds is 4. The maximum atomic E-state index is 12.4. The molecule has 0 radical (unpaired) electrons. The third kappa shape index (κ3) is 3.29. The fraction of sp³-hybridized carbons (Fsp3) is 0.235. The molecule has 0 aliphatic carbocycles. The number of furan rings is 1. The van der Waals surface area contributed by atoms with Crippen molar-refractivity contribution in [3.8, 4) is 0 Å². The number of hydrogen-bond donors (Lipinski definition) is 2. The number of nitrogens with zero attached hydrogens (tertiary/aromatic N) is 2. The molecular formula is C17H18N4O3. The maximum absolute atomic E-state index is 12.4. The molecule has 7 heteroatoms. The first-order valence-corrected chi connectivity index (χ1v) is 7.61. The summed E-state index contributed by atoms with van der Waals surface area (Å²) < 4.78 is 5.50. The predicted molar refractivity (Wildman–Crippen MR) is 89.4 cm³/mol. The predicted octanol–water partition coefficient (Wildman–Crippen LogP) is 1.72. The van der Waals surface area contributed by atoms with Gasteiger partial charge in [0.2, 0.25) is 5.84 Å². The van der Waals surface area contributed by atoms with Crippen LogP contribution in [0.3, 0.4) is 0 Å². The molecule has 0 saturated heterocycles. The molecule has 24 heavy (non-hydrogen) atoms. The number of anilines is 1. The van der Waals surface area contributed by atoms with Crippen molar-refractivity contribution in [3.05, 3.63) is 54.0 Å². The standard InChI is InChI=1S/C17H18N4O3/c1-11-8-9-14(24-11)12(2)19-17(23)16-18-10-15(22)21(20-16)13-6-4-3-5-7-13/h3-9,12H,10H2,1-2H3,(H,18,20)(H,19,23)/t12-/m1/s1. The minimum Gasteiger partial charge on any atom is -0.464 e. The monoisotopic (exact) mass is 326 g/mol. The Bertz CT molecular complexity index is 782. The summed E-state index contributed by atoms with van der Waals surface area (Å²) in [6.07, 6.45) is 0. The van der Waals surface area contributed by atoms with Gasteiger partial charge in [-0.3, -0.25) is 20.0 Å². The van der Waals surface area contributed by atoms with Gasteiger partial charge in [0.1, 0.15) is 18.1 Å². The number of nitrogens with one attached hydrogen (secondary N) is 2. The van der Waals surface area contributed by atoms with Crippen molar-refractivity contribution >= 4 is 23.3 Å². The Hall–Kier alpha value is -3.09. The zero-order valence-corrected chi connectivity index (χ0v) is 13.4. The summed E-state index contributed by atoms with van der Waals surface area (Å²) >= 11 is 0. The number of hydrogen-bond acceptors (Lipinski definition) is 5. The van der Waals surface area contributed by atoms with Crippen LogP contribution in [0.2, 0.25) is 0 Å². The molecule has 2 heterocycles. The Labute approximate surface area is 139 Å². The van der Waals surface area contributed by atoms with Gasteiger partial charge in [-0.2, -0.15) is 0 Å². The lowest BCUT2D eigenvalue weighted by atomic mass is 10.2. The van der Waals surface area contributed by atoms with Gasteiger partial charge in [0.25, 0.3) is 11.8 Å². The van der Waals surface area contributed by atoms with Gasteiger partial charge in [0.05, 0.1) is 11.7 Å². The molecule has 0 saturated carbocycles. The van der Waals surface area contributed by atoms with Crippen LogP contribution in [0.15, 0.2) is 51.9 Å². The lowest BCUT2D eigenvalue weighted by Crippen LogP contribution is -2.55. The van der Waals surface area contributed by atoms with Crippen molar-refractivity contribution in [1.29, 1.82) is 0 Å². The van der Waals surface area contributed by atoms with E-state index in [1.54, 1.807) is 12.1 Å². The van der Waals surface area contributed by atoms with Crippen LogP contribution in [-0.2, 0) is 9.59 Å². The van der Waals surface area contributed by atoms with Crippen molar-refractivity contribution in [2.24, 2.45) is 4.99 Å². The first kappa shape index (κ1) is 15.8. The van der Waals surface area contributed by atoms with Crippen LogP contribution in [0.1, 0.15) is 24.5 Å². The highest BCUT2D eigenvalue weighted by Crippen LogP contribution is 2.16. The van der Waals surface area contributed by atoms with Gasteiger partial charge >= 0.3 is 0 Å². The number of amidine groups is 1. The topological polar surface area (TPSA) is 86.9 Å². The van der Waals surface area contributed by atoms with Crippen LogP contribution in [0.25, 0.3) is 0 Å². The van der Waals surface area contributed by atoms with Gasteiger partial charge in [-0.1, -0.05) is 18.2 Å². The third-order valence-electron chi connectivity index (χ3n) is 3.60. The highest BCUT2D eigenvalue weighted by atomic mass is 16.3. The molecule has 0 spiro atoms. The summed E-state index contributed by atoms with van der Waals surface area (Å²) in [6.45, 7) is 3.58. The fourth-order valence-electron chi connectivity index (χ4n) is 2.35. The van der Waals surface area contributed by atoms with Gasteiger partial charge in [-0.25, -0.2) is 5.01 Å². The Kier molecular flexibility index (Phi) is 4.33. The number of amides is 2. The summed E-state index contributed by atoms with van der Waals surface area (Å²) in [6, 6.07) is 12.4. The van der Waals surface area contributed by atoms with Gasteiger partial charge < -0.3 is 9.73 Å². The van der Waals surface area contributed by atoms with Gasteiger partial charge in [-0.05, 0) is 38.1 Å². The van der Waals surface area contributed by atoms with Crippen molar-refractivity contribution in [3.63, 3.8) is 0 Å². The number of carbonyl (C=O) groups is 2. The molecule has 2 aromatic rings. The summed E-state index contributed by atoms with van der Waals surface area (Å²) in [5.74, 6) is 0.902. The molecule has 1 aromatic heterocycles. The Morgan fingerprint density at radius 3 is 2.71 bits per heavy atom. The molecule has 124 valence electrons. The summed E-state index contributed by atoms with van der Waals surface area (Å²) in [7, 11) is 0. The highest BCUT2D eigenvalue weighted by molar-refractivity contribution is 6.39. The molecule has 0 bridgehead atoms. The second-order valence-corrected chi connectivity index (χ2v) is 5.48. The molecule has 1 aromatic carbocycles. The lowest BCUT2D eigenvalue weighted by Gasteiger charge is -2.28. The molecule has 0 fully saturated rings. The van der Waals surface area contributed by atoms with Crippen LogP contribution in [0.4, 0.5) is 5.69 Å². The quantitative estimate of drug-likeness (QED) is 0.895. The van der Waals surface area contributed by atoms with Crippen LogP contribution < -0.4 is 15.8 Å². The van der Waals surface area contributed by atoms with Gasteiger partial charge in [0.15, 0.2) is 0 Å². The first-order valence-electron chi connectivity index (χ1n) is 7.61. The molecular weight excluding hydrogens is 308 g/mol. The van der Waals surface area contributed by atoms with E-state index in [2.05, 4.69) is 15.7 Å². The van der Waals surface area contributed by atoms with E-state index in [-0.39, 0.29) is 24.3 Å². The molecule has 1 aliphatic rings. The van der Waals surface area contributed by atoms with Crippen LogP contribution in [-0.4, -0.2) is 24.2 Å². The molecule has 2 amide bonds. The SMILES string of the molecule is Cc1ccc([C@@H](C)NC(=O)C2=NCC(=O)N(c3ccccc3)N2)o1. The van der Waals surface area contributed by atoms with Crippen molar-refractivity contribution in [1.82, 2.24) is 10.7 Å². The molecule has 1 atom stereocenters. The number of benzene rings is 1. The van der Waals surface area contributed by atoms with Crippen LogP contribution >= 0.6 is 0 Å². The van der Waals surface area contributed by atoms with E-state index in [1.807, 2.05) is 44.2 Å². The third-order valence-corrected chi connectivity index (χ3v) is 3.60.